The number of anilines is 1. The van der Waals surface area contributed by atoms with Gasteiger partial charge in [-0.05, 0) is 46.2 Å². The Labute approximate surface area is 209 Å². The summed E-state index contributed by atoms with van der Waals surface area (Å²) in [6.07, 6.45) is -0.447. The van der Waals surface area contributed by atoms with Crippen molar-refractivity contribution in [2.75, 3.05) is 5.32 Å². The maximum Gasteiger partial charge on any atom is 0.408 e. The molecule has 6 N–H and O–H groups in total. The fraction of sp³-hybridized carbons (Fsp3) is 0.107. The first-order valence-electron chi connectivity index (χ1n) is 11.4. The van der Waals surface area contributed by atoms with E-state index in [0.717, 1.165) is 21.9 Å². The highest BCUT2D eigenvalue weighted by molar-refractivity contribution is 5.98. The van der Waals surface area contributed by atoms with E-state index in [1.165, 1.54) is 0 Å². The third-order valence-electron chi connectivity index (χ3n) is 5.47. The number of alkyl carbamates (subject to hydrolysis) is 1. The maximum atomic E-state index is 13.2. The van der Waals surface area contributed by atoms with Gasteiger partial charge in [0.1, 0.15) is 12.6 Å². The second kappa shape index (κ2) is 11.5. The molecule has 0 unspecified atom stereocenters. The molecule has 0 heterocycles. The molecule has 0 aliphatic carbocycles. The van der Waals surface area contributed by atoms with Gasteiger partial charge in [0.05, 0.1) is 5.69 Å². The van der Waals surface area contributed by atoms with Crippen LogP contribution < -0.4 is 22.1 Å². The topological polar surface area (TPSA) is 132 Å². The van der Waals surface area contributed by atoms with Crippen LogP contribution in [0.2, 0.25) is 0 Å². The number of ether oxygens (including phenoxy) is 1. The Balaban J connectivity index is 1.48. The molecule has 8 nitrogen and oxygen atoms in total. The van der Waals surface area contributed by atoms with Gasteiger partial charge in [0.2, 0.25) is 5.91 Å². The molecule has 182 valence electrons. The molecule has 2 amide bonds. The van der Waals surface area contributed by atoms with Crippen LogP contribution in [0.3, 0.4) is 0 Å². The molecule has 8 heteroatoms. The van der Waals surface area contributed by atoms with Crippen molar-refractivity contribution in [3.05, 3.63) is 108 Å². The molecule has 4 aromatic rings. The molecule has 0 fully saturated rings. The van der Waals surface area contributed by atoms with E-state index in [2.05, 4.69) is 15.6 Å². The first-order chi connectivity index (χ1) is 17.5. The zero-order chi connectivity index (χ0) is 25.3. The molecule has 1 atom stereocenters. The summed E-state index contributed by atoms with van der Waals surface area (Å²) >= 11 is 0. The number of benzene rings is 4. The van der Waals surface area contributed by atoms with E-state index in [0.29, 0.717) is 11.4 Å². The van der Waals surface area contributed by atoms with E-state index >= 15 is 0 Å². The number of amides is 2. The lowest BCUT2D eigenvalue weighted by atomic mass is 10.0. The molecule has 36 heavy (non-hydrogen) atoms. The standard InChI is InChI=1S/C28H27N5O3/c29-27(30)32-23-13-10-19(11-14-23)16-25(33-28(35)36-18-20-6-2-1-3-7-20)26(34)31-24-15-12-21-8-4-5-9-22(21)17-24/h1-15,17,25H,16,18H2,(H,31,34)(H,33,35)(H4,29,30,32)/t25-/m0/s1. The highest BCUT2D eigenvalue weighted by atomic mass is 16.5. The predicted molar refractivity (Wildman–Crippen MR) is 142 cm³/mol. The lowest BCUT2D eigenvalue weighted by molar-refractivity contribution is -0.118. The van der Waals surface area contributed by atoms with Gasteiger partial charge in [0.25, 0.3) is 0 Å². The van der Waals surface area contributed by atoms with Gasteiger partial charge < -0.3 is 26.8 Å². The van der Waals surface area contributed by atoms with Gasteiger partial charge in [-0.25, -0.2) is 9.79 Å². The number of hydrogen-bond acceptors (Lipinski definition) is 4. The SMILES string of the molecule is NC(N)=Nc1ccc(C[C@H](NC(=O)OCc2ccccc2)C(=O)Nc2ccc3ccccc3c2)cc1. The highest BCUT2D eigenvalue weighted by Crippen LogP contribution is 2.20. The molecule has 0 saturated heterocycles. The Morgan fingerprint density at radius 1 is 0.806 bits per heavy atom. The number of aliphatic imine (C=N–C) groups is 1. The molecule has 0 spiro atoms. The van der Waals surface area contributed by atoms with E-state index in [-0.39, 0.29) is 24.9 Å². The van der Waals surface area contributed by atoms with Crippen LogP contribution in [0.4, 0.5) is 16.2 Å². The molecule has 4 rings (SSSR count). The molecule has 0 radical (unpaired) electrons. The smallest absolute Gasteiger partial charge is 0.408 e. The van der Waals surface area contributed by atoms with Crippen LogP contribution in [0.5, 0.6) is 0 Å². The molecular formula is C28H27N5O3. The average molecular weight is 482 g/mol. The van der Waals surface area contributed by atoms with Crippen LogP contribution in [0, 0.1) is 0 Å². The Morgan fingerprint density at radius 2 is 1.50 bits per heavy atom. The zero-order valence-corrected chi connectivity index (χ0v) is 19.6. The van der Waals surface area contributed by atoms with Crippen molar-refractivity contribution in [2.45, 2.75) is 19.1 Å². The summed E-state index contributed by atoms with van der Waals surface area (Å²) in [5.74, 6) is -0.409. The lowest BCUT2D eigenvalue weighted by Gasteiger charge is -2.19. The molecule has 4 aromatic carbocycles. The summed E-state index contributed by atoms with van der Waals surface area (Å²) < 4.78 is 5.34. The zero-order valence-electron chi connectivity index (χ0n) is 19.6. The van der Waals surface area contributed by atoms with E-state index in [4.69, 9.17) is 16.2 Å². The van der Waals surface area contributed by atoms with E-state index in [1.54, 1.807) is 24.3 Å². The number of carbonyl (C=O) groups is 2. The lowest BCUT2D eigenvalue weighted by Crippen LogP contribution is -2.45. The van der Waals surface area contributed by atoms with E-state index in [1.807, 2.05) is 72.8 Å². The normalized spacial score (nSPS) is 11.3. The van der Waals surface area contributed by atoms with Crippen LogP contribution in [-0.4, -0.2) is 24.0 Å². The summed E-state index contributed by atoms with van der Waals surface area (Å²) in [5.41, 5.74) is 13.7. The fourth-order valence-corrected chi connectivity index (χ4v) is 3.70. The number of hydrogen-bond donors (Lipinski definition) is 4. The van der Waals surface area contributed by atoms with Crippen LogP contribution in [-0.2, 0) is 22.6 Å². The number of nitrogens with two attached hydrogens (primary N) is 2. The van der Waals surface area contributed by atoms with E-state index < -0.39 is 12.1 Å². The molecule has 0 bridgehead atoms. The summed E-state index contributed by atoms with van der Waals surface area (Å²) in [6, 6.07) is 29.0. The third-order valence-corrected chi connectivity index (χ3v) is 5.47. The fourth-order valence-electron chi connectivity index (χ4n) is 3.70. The molecule has 0 aliphatic heterocycles. The van der Waals surface area contributed by atoms with Gasteiger partial charge >= 0.3 is 6.09 Å². The third kappa shape index (κ3) is 6.83. The Morgan fingerprint density at radius 3 is 2.22 bits per heavy atom. The number of carbonyl (C=O) groups excluding carboxylic acids is 2. The number of guanidine groups is 1. The summed E-state index contributed by atoms with van der Waals surface area (Å²) in [7, 11) is 0. The monoisotopic (exact) mass is 481 g/mol. The number of nitrogens with one attached hydrogen (secondary N) is 2. The highest BCUT2D eigenvalue weighted by Gasteiger charge is 2.22. The Bertz CT molecular complexity index is 1370. The number of fused-ring (bicyclic) bond motifs is 1. The Kier molecular flexibility index (Phi) is 7.77. The molecule has 0 aliphatic rings. The minimum Gasteiger partial charge on any atom is -0.445 e. The van der Waals surface area contributed by atoms with Crippen molar-refractivity contribution in [1.29, 1.82) is 0 Å². The van der Waals surface area contributed by atoms with Crippen LogP contribution in [0.1, 0.15) is 11.1 Å². The predicted octanol–water partition coefficient (Wildman–Crippen LogP) is 4.22. The van der Waals surface area contributed by atoms with Crippen molar-refractivity contribution in [3.8, 4) is 0 Å². The van der Waals surface area contributed by atoms with Crippen LogP contribution in [0.15, 0.2) is 102 Å². The van der Waals surface area contributed by atoms with Gasteiger partial charge in [-0.15, -0.1) is 0 Å². The Hall–Kier alpha value is -4.85. The van der Waals surface area contributed by atoms with Crippen molar-refractivity contribution in [1.82, 2.24) is 5.32 Å². The first-order valence-corrected chi connectivity index (χ1v) is 11.4. The minimum absolute atomic E-state index is 0.0433. The summed E-state index contributed by atoms with van der Waals surface area (Å²) in [5, 5.41) is 7.67. The second-order valence-electron chi connectivity index (χ2n) is 8.22. The van der Waals surface area contributed by atoms with Gasteiger partial charge in [0, 0.05) is 12.1 Å². The van der Waals surface area contributed by atoms with Crippen molar-refractivity contribution < 1.29 is 14.3 Å². The van der Waals surface area contributed by atoms with Gasteiger partial charge in [-0.3, -0.25) is 4.79 Å². The van der Waals surface area contributed by atoms with Gasteiger partial charge in [-0.2, -0.15) is 0 Å². The quantitative estimate of drug-likeness (QED) is 0.221. The van der Waals surface area contributed by atoms with Crippen LogP contribution in [0.25, 0.3) is 10.8 Å². The second-order valence-corrected chi connectivity index (χ2v) is 8.22. The van der Waals surface area contributed by atoms with Crippen molar-refractivity contribution in [2.24, 2.45) is 16.5 Å². The summed E-state index contributed by atoms with van der Waals surface area (Å²) in [4.78, 5) is 29.8. The largest absolute Gasteiger partial charge is 0.445 e. The van der Waals surface area contributed by atoms with Crippen molar-refractivity contribution >= 4 is 40.1 Å². The molecule has 0 saturated carbocycles. The molecular weight excluding hydrogens is 454 g/mol. The maximum absolute atomic E-state index is 13.2. The summed E-state index contributed by atoms with van der Waals surface area (Å²) in [6.45, 7) is 0.0961. The van der Waals surface area contributed by atoms with Gasteiger partial charge in [-0.1, -0.05) is 72.8 Å². The molecule has 0 aromatic heterocycles. The van der Waals surface area contributed by atoms with Gasteiger partial charge in [0.15, 0.2) is 5.96 Å². The number of rotatable bonds is 8. The van der Waals surface area contributed by atoms with Crippen molar-refractivity contribution in [3.63, 3.8) is 0 Å². The van der Waals surface area contributed by atoms with E-state index in [9.17, 15) is 9.59 Å². The first kappa shape index (κ1) is 24.3. The number of nitrogens with zero attached hydrogens (tertiary/aromatic N) is 1. The minimum atomic E-state index is -0.881. The average Bonchev–Trinajstić information content (AvgIpc) is 2.88. The van der Waals surface area contributed by atoms with Crippen LogP contribution >= 0.6 is 0 Å².